The molecule has 0 aromatic carbocycles. The van der Waals surface area contributed by atoms with Gasteiger partial charge in [-0.25, -0.2) is 0 Å². The van der Waals surface area contributed by atoms with Gasteiger partial charge in [-0.3, -0.25) is 9.80 Å². The minimum absolute atomic E-state index is 0.214. The molecule has 2 aliphatic rings. The van der Waals surface area contributed by atoms with E-state index in [2.05, 4.69) is 11.0 Å². The molecule has 1 saturated heterocycles. The molecule has 3 unspecified atom stereocenters. The first-order valence-corrected chi connectivity index (χ1v) is 9.31. The molecule has 0 bridgehead atoms. The molecule has 0 saturated carbocycles. The smallest absolute Gasteiger partial charge is 0.431 e. The van der Waals surface area contributed by atoms with Crippen molar-refractivity contribution in [1.29, 1.82) is 0 Å². The summed E-state index contributed by atoms with van der Waals surface area (Å²) in [7, 11) is 1.88. The van der Waals surface area contributed by atoms with Crippen LogP contribution in [0.1, 0.15) is 19.0 Å². The van der Waals surface area contributed by atoms with Crippen LogP contribution in [0.2, 0.25) is 0 Å². The first-order valence-electron chi connectivity index (χ1n) is 9.31. The Labute approximate surface area is 178 Å². The summed E-state index contributed by atoms with van der Waals surface area (Å²) in [6.07, 6.45) is 3.38. The number of nitrogens with zero attached hydrogens (tertiary/aromatic N) is 2. The number of terminal acetylenes is 1. The normalized spacial score (nSPS) is 22.7. The Hall–Kier alpha value is -2.81. The fourth-order valence-electron chi connectivity index (χ4n) is 2.31. The number of aromatic nitrogens is 1. The Morgan fingerprint density at radius 3 is 2.61 bits per heavy atom. The molecule has 3 rings (SSSR count). The number of likely N-dealkylation sites (N-methyl/N-ethyl adjacent to an activating group) is 1. The summed E-state index contributed by atoms with van der Waals surface area (Å²) >= 11 is 0. The van der Waals surface area contributed by atoms with E-state index in [-0.39, 0.29) is 12.7 Å². The summed E-state index contributed by atoms with van der Waals surface area (Å²) in [4.78, 5) is 12.0. The predicted molar refractivity (Wildman–Crippen MR) is 108 cm³/mol. The van der Waals surface area contributed by atoms with E-state index >= 15 is 0 Å². The van der Waals surface area contributed by atoms with Crippen molar-refractivity contribution in [2.24, 2.45) is 5.10 Å². The number of ether oxygens (including phenoxy) is 2. The van der Waals surface area contributed by atoms with Crippen molar-refractivity contribution >= 4 is 5.90 Å². The number of hydrogen-bond donors (Lipinski definition) is 3. The summed E-state index contributed by atoms with van der Waals surface area (Å²) in [5, 5.41) is 23.9. The van der Waals surface area contributed by atoms with Crippen molar-refractivity contribution < 1.29 is 32.9 Å². The number of H-pyrrole nitrogens is 1. The number of aliphatic hydroxyl groups is 2. The number of aliphatic hydroxyl groups excluding tert-OH is 2. The van der Waals surface area contributed by atoms with E-state index in [4.69, 9.17) is 26.1 Å². The molecule has 172 valence electrons. The summed E-state index contributed by atoms with van der Waals surface area (Å²) in [6, 6.07) is 2.89. The molecule has 2 aliphatic heterocycles. The van der Waals surface area contributed by atoms with Crippen LogP contribution in [-0.4, -0.2) is 71.2 Å². The largest absolute Gasteiger partial charge is 0.463 e. The average Bonchev–Trinajstić information content (AvgIpc) is 2.71. The van der Waals surface area contributed by atoms with Crippen LogP contribution in [0.4, 0.5) is 13.2 Å². The molecule has 3 heterocycles. The third kappa shape index (κ3) is 10.2. The van der Waals surface area contributed by atoms with E-state index in [9.17, 15) is 18.0 Å². The minimum atomic E-state index is -4.47. The highest BCUT2D eigenvalue weighted by Gasteiger charge is 2.31. The number of halogens is 3. The monoisotopic (exact) mass is 445 g/mol. The second kappa shape index (κ2) is 12.8. The van der Waals surface area contributed by atoms with Gasteiger partial charge in [0.15, 0.2) is 6.61 Å². The van der Waals surface area contributed by atoms with Gasteiger partial charge in [0.2, 0.25) is 11.5 Å². The van der Waals surface area contributed by atoms with Gasteiger partial charge in [0, 0.05) is 19.7 Å². The van der Waals surface area contributed by atoms with Crippen LogP contribution in [0.5, 0.6) is 0 Å². The summed E-state index contributed by atoms with van der Waals surface area (Å²) in [5.74, 6) is 2.95. The zero-order valence-corrected chi connectivity index (χ0v) is 17.2. The van der Waals surface area contributed by atoms with Crippen molar-refractivity contribution in [3.8, 4) is 12.3 Å². The molecule has 31 heavy (non-hydrogen) atoms. The number of alkyl halides is 3. The summed E-state index contributed by atoms with van der Waals surface area (Å²) in [6.45, 7) is 3.41. The molecule has 3 atom stereocenters. The Bertz CT molecular complexity index is 822. The van der Waals surface area contributed by atoms with Crippen LogP contribution >= 0.6 is 0 Å². The van der Waals surface area contributed by atoms with E-state index in [0.717, 1.165) is 24.7 Å². The lowest BCUT2D eigenvalue weighted by atomic mass is 10.0. The minimum Gasteiger partial charge on any atom is -0.463 e. The molecule has 1 aromatic heterocycles. The quantitative estimate of drug-likeness (QED) is 0.564. The Balaban J connectivity index is 0.000000234. The van der Waals surface area contributed by atoms with E-state index in [1.54, 1.807) is 16.9 Å². The second-order valence-electron chi connectivity index (χ2n) is 6.52. The molecule has 0 aliphatic carbocycles. The predicted octanol–water partition coefficient (Wildman–Crippen LogP) is 1.36. The number of nitrogens with one attached hydrogen (secondary N) is 1. The van der Waals surface area contributed by atoms with Gasteiger partial charge in [-0.1, -0.05) is 18.1 Å². The highest BCUT2D eigenvalue weighted by molar-refractivity contribution is 5.88. The standard InChI is InChI=1S/C8H10N2O.C6H4F3NO.C6H12O3/c1-3-7-11-8-5-4-6-10(2)9-8;7-6(8,9)4-2-1-3-5(11)10-4;1-4-6(8)5(7)2-3-9-4/h1,4-5H,6-7H2,2H3;1-3H,(H,10,11);4-8H,2-3H2,1H3. The molecule has 3 N–H and O–H groups in total. The maximum absolute atomic E-state index is 11.8. The van der Waals surface area contributed by atoms with Gasteiger partial charge >= 0.3 is 6.18 Å². The second-order valence-corrected chi connectivity index (χ2v) is 6.52. The topological polar surface area (TPSA) is 107 Å². The SMILES string of the molecule is C#CCOC1=NN(C)CC=C1.CC1OCCC(O)C1O.O=c1cccc(C(F)(F)F)[nH]1. The number of aromatic amines is 1. The van der Waals surface area contributed by atoms with Crippen molar-refractivity contribution in [2.45, 2.75) is 37.8 Å². The maximum Gasteiger partial charge on any atom is 0.431 e. The van der Waals surface area contributed by atoms with Gasteiger partial charge in [0.1, 0.15) is 11.8 Å². The summed E-state index contributed by atoms with van der Waals surface area (Å²) in [5.41, 5.74) is -1.77. The van der Waals surface area contributed by atoms with Crippen LogP contribution in [0.15, 0.2) is 40.2 Å². The number of pyridine rings is 1. The van der Waals surface area contributed by atoms with E-state index in [1.807, 2.05) is 19.2 Å². The van der Waals surface area contributed by atoms with Crippen LogP contribution in [-0.2, 0) is 15.7 Å². The lowest BCUT2D eigenvalue weighted by molar-refractivity contribution is -0.141. The van der Waals surface area contributed by atoms with Crippen LogP contribution in [0.3, 0.4) is 0 Å². The average molecular weight is 445 g/mol. The highest BCUT2D eigenvalue weighted by atomic mass is 19.4. The molecule has 0 spiro atoms. The fraction of sp³-hybridized carbons (Fsp3) is 0.500. The molecular formula is C20H26F3N3O5. The fourth-order valence-corrected chi connectivity index (χ4v) is 2.31. The molecular weight excluding hydrogens is 419 g/mol. The highest BCUT2D eigenvalue weighted by Crippen LogP contribution is 2.25. The molecule has 11 heteroatoms. The van der Waals surface area contributed by atoms with Crippen LogP contribution < -0.4 is 5.56 Å². The molecule has 8 nitrogen and oxygen atoms in total. The van der Waals surface area contributed by atoms with Gasteiger partial charge in [0.05, 0.1) is 18.8 Å². The first kappa shape index (κ1) is 26.2. The zero-order valence-electron chi connectivity index (χ0n) is 17.2. The van der Waals surface area contributed by atoms with Crippen molar-refractivity contribution in [2.75, 3.05) is 26.8 Å². The van der Waals surface area contributed by atoms with Gasteiger partial charge in [-0.05, 0) is 25.5 Å². The third-order valence-corrected chi connectivity index (χ3v) is 3.95. The third-order valence-electron chi connectivity index (χ3n) is 3.95. The van der Waals surface area contributed by atoms with Gasteiger partial charge in [-0.2, -0.15) is 13.2 Å². The van der Waals surface area contributed by atoms with E-state index in [0.29, 0.717) is 18.9 Å². The van der Waals surface area contributed by atoms with E-state index < -0.39 is 29.6 Å². The van der Waals surface area contributed by atoms with Gasteiger partial charge in [-0.15, -0.1) is 11.5 Å². The molecule has 1 fully saturated rings. The number of hydrazone groups is 1. The lowest BCUT2D eigenvalue weighted by Gasteiger charge is -2.29. The molecule has 0 amide bonds. The summed E-state index contributed by atoms with van der Waals surface area (Å²) < 4.78 is 45.5. The van der Waals surface area contributed by atoms with Gasteiger partial charge in [0.25, 0.3) is 0 Å². The Morgan fingerprint density at radius 1 is 1.42 bits per heavy atom. The van der Waals surface area contributed by atoms with Crippen LogP contribution in [0, 0.1) is 12.3 Å². The van der Waals surface area contributed by atoms with Crippen molar-refractivity contribution in [3.63, 3.8) is 0 Å². The van der Waals surface area contributed by atoms with Gasteiger partial charge < -0.3 is 24.7 Å². The number of rotatable bonds is 1. The molecule has 1 aromatic rings. The Morgan fingerprint density at radius 2 is 2.13 bits per heavy atom. The van der Waals surface area contributed by atoms with Crippen molar-refractivity contribution in [1.82, 2.24) is 9.99 Å². The van der Waals surface area contributed by atoms with Crippen molar-refractivity contribution in [3.05, 3.63) is 46.4 Å². The maximum atomic E-state index is 11.8. The van der Waals surface area contributed by atoms with E-state index in [1.165, 1.54) is 0 Å². The lowest BCUT2D eigenvalue weighted by Crippen LogP contribution is -2.42. The Kier molecular flexibility index (Phi) is 10.8. The number of hydrogen-bond acceptors (Lipinski definition) is 7. The van der Waals surface area contributed by atoms with Crippen LogP contribution in [0.25, 0.3) is 0 Å². The molecule has 0 radical (unpaired) electrons. The zero-order chi connectivity index (χ0) is 23.4. The first-order chi connectivity index (χ1) is 14.5.